The highest BCUT2D eigenvalue weighted by molar-refractivity contribution is 5.75. The van der Waals surface area contributed by atoms with Crippen molar-refractivity contribution in [3.63, 3.8) is 0 Å². The lowest BCUT2D eigenvalue weighted by Gasteiger charge is -2.21. The SMILES string of the molecule is CCC(CC(=O)O)NC(=O)NCC(C)CN1CCCC1. The molecular weight excluding hydrogens is 258 g/mol. The molecule has 3 N–H and O–H groups in total. The molecule has 1 aliphatic rings. The fraction of sp³-hybridized carbons (Fsp3) is 0.857. The number of nitrogens with one attached hydrogen (secondary N) is 2. The van der Waals surface area contributed by atoms with Crippen LogP contribution in [0.4, 0.5) is 4.79 Å². The normalized spacial score (nSPS) is 18.5. The molecule has 1 heterocycles. The molecule has 2 amide bonds. The molecular formula is C14H27N3O3. The second kappa shape index (κ2) is 8.79. The zero-order valence-electron chi connectivity index (χ0n) is 12.5. The van der Waals surface area contributed by atoms with E-state index in [0.29, 0.717) is 18.9 Å². The quantitative estimate of drug-likeness (QED) is 0.627. The molecule has 0 radical (unpaired) electrons. The number of nitrogens with zero attached hydrogens (tertiary/aromatic N) is 1. The lowest BCUT2D eigenvalue weighted by molar-refractivity contribution is -0.137. The molecule has 0 aliphatic carbocycles. The standard InChI is InChI=1S/C14H27N3O3/c1-3-12(8-13(18)19)16-14(20)15-9-11(2)10-17-6-4-5-7-17/h11-12H,3-10H2,1-2H3,(H,18,19)(H2,15,16,20). The van der Waals surface area contributed by atoms with Crippen molar-refractivity contribution in [3.05, 3.63) is 0 Å². The Morgan fingerprint density at radius 1 is 1.30 bits per heavy atom. The van der Waals surface area contributed by atoms with Crippen LogP contribution in [0.15, 0.2) is 0 Å². The Labute approximate surface area is 120 Å². The van der Waals surface area contributed by atoms with E-state index in [1.54, 1.807) is 0 Å². The molecule has 116 valence electrons. The molecule has 6 heteroatoms. The number of rotatable bonds is 8. The molecule has 0 aromatic rings. The molecule has 20 heavy (non-hydrogen) atoms. The van der Waals surface area contributed by atoms with Crippen molar-refractivity contribution in [3.8, 4) is 0 Å². The number of aliphatic carboxylic acids is 1. The summed E-state index contributed by atoms with van der Waals surface area (Å²) in [4.78, 5) is 24.8. The number of hydrogen-bond acceptors (Lipinski definition) is 3. The van der Waals surface area contributed by atoms with Gasteiger partial charge in [0.05, 0.1) is 6.42 Å². The average molecular weight is 285 g/mol. The monoisotopic (exact) mass is 285 g/mol. The Balaban J connectivity index is 2.18. The van der Waals surface area contributed by atoms with Crippen LogP contribution in [0.2, 0.25) is 0 Å². The second-order valence-electron chi connectivity index (χ2n) is 5.67. The van der Waals surface area contributed by atoms with Gasteiger partial charge < -0.3 is 20.6 Å². The third kappa shape index (κ3) is 6.75. The van der Waals surface area contributed by atoms with E-state index in [-0.39, 0.29) is 18.5 Å². The van der Waals surface area contributed by atoms with Crippen molar-refractivity contribution in [1.29, 1.82) is 0 Å². The van der Waals surface area contributed by atoms with Gasteiger partial charge in [-0.3, -0.25) is 4.79 Å². The van der Waals surface area contributed by atoms with Crippen molar-refractivity contribution in [2.24, 2.45) is 5.92 Å². The van der Waals surface area contributed by atoms with Gasteiger partial charge in [-0.25, -0.2) is 4.79 Å². The van der Waals surface area contributed by atoms with Crippen LogP contribution >= 0.6 is 0 Å². The van der Waals surface area contributed by atoms with E-state index in [9.17, 15) is 9.59 Å². The van der Waals surface area contributed by atoms with Crippen LogP contribution in [-0.4, -0.2) is 54.2 Å². The van der Waals surface area contributed by atoms with Gasteiger partial charge >= 0.3 is 12.0 Å². The summed E-state index contributed by atoms with van der Waals surface area (Å²) in [5.74, 6) is -0.488. The number of carbonyl (C=O) groups is 2. The van der Waals surface area contributed by atoms with E-state index < -0.39 is 5.97 Å². The van der Waals surface area contributed by atoms with Gasteiger partial charge in [-0.1, -0.05) is 13.8 Å². The molecule has 0 aromatic heterocycles. The van der Waals surface area contributed by atoms with Crippen LogP contribution in [0.1, 0.15) is 39.5 Å². The number of carboxylic acids is 1. The number of amides is 2. The molecule has 1 fully saturated rings. The van der Waals surface area contributed by atoms with Crippen LogP contribution in [0.3, 0.4) is 0 Å². The number of hydrogen-bond donors (Lipinski definition) is 3. The summed E-state index contributed by atoms with van der Waals surface area (Å²) in [6.45, 7) is 7.93. The van der Waals surface area contributed by atoms with Crippen LogP contribution in [0, 0.1) is 5.92 Å². The maximum absolute atomic E-state index is 11.7. The highest BCUT2D eigenvalue weighted by Gasteiger charge is 2.16. The molecule has 0 saturated carbocycles. The predicted molar refractivity (Wildman–Crippen MR) is 77.7 cm³/mol. The zero-order chi connectivity index (χ0) is 15.0. The fourth-order valence-corrected chi connectivity index (χ4v) is 2.48. The first-order valence-electron chi connectivity index (χ1n) is 7.49. The minimum absolute atomic E-state index is 0.0345. The van der Waals surface area contributed by atoms with Gasteiger partial charge in [-0.05, 0) is 38.3 Å². The minimum atomic E-state index is -0.889. The van der Waals surface area contributed by atoms with Gasteiger partial charge in [0, 0.05) is 19.1 Å². The van der Waals surface area contributed by atoms with Gasteiger partial charge in [-0.15, -0.1) is 0 Å². The van der Waals surface area contributed by atoms with E-state index in [1.165, 1.54) is 12.8 Å². The van der Waals surface area contributed by atoms with Crippen molar-refractivity contribution < 1.29 is 14.7 Å². The summed E-state index contributed by atoms with van der Waals surface area (Å²) >= 11 is 0. The molecule has 2 atom stereocenters. The van der Waals surface area contributed by atoms with Crippen molar-refractivity contribution in [2.45, 2.75) is 45.6 Å². The first-order chi connectivity index (χ1) is 9.51. The summed E-state index contributed by atoms with van der Waals surface area (Å²) in [5, 5.41) is 14.3. The number of urea groups is 1. The topological polar surface area (TPSA) is 81.7 Å². The van der Waals surface area contributed by atoms with Gasteiger partial charge in [0.2, 0.25) is 0 Å². The Morgan fingerprint density at radius 2 is 1.95 bits per heavy atom. The maximum atomic E-state index is 11.7. The molecule has 1 aliphatic heterocycles. The average Bonchev–Trinajstić information content (AvgIpc) is 2.87. The van der Waals surface area contributed by atoms with Crippen molar-refractivity contribution in [1.82, 2.24) is 15.5 Å². The highest BCUT2D eigenvalue weighted by Crippen LogP contribution is 2.09. The predicted octanol–water partition coefficient (Wildman–Crippen LogP) is 1.27. The number of carbonyl (C=O) groups excluding carboxylic acids is 1. The van der Waals surface area contributed by atoms with E-state index in [1.807, 2.05) is 6.92 Å². The zero-order valence-corrected chi connectivity index (χ0v) is 12.5. The fourth-order valence-electron chi connectivity index (χ4n) is 2.48. The Hall–Kier alpha value is -1.30. The van der Waals surface area contributed by atoms with Gasteiger partial charge in [0.15, 0.2) is 0 Å². The molecule has 1 saturated heterocycles. The lowest BCUT2D eigenvalue weighted by Crippen LogP contribution is -2.45. The van der Waals surface area contributed by atoms with Crippen LogP contribution < -0.4 is 10.6 Å². The van der Waals surface area contributed by atoms with E-state index in [4.69, 9.17) is 5.11 Å². The van der Waals surface area contributed by atoms with Crippen LogP contribution in [-0.2, 0) is 4.79 Å². The summed E-state index contributed by atoms with van der Waals surface area (Å²) < 4.78 is 0. The number of carboxylic acid groups (broad SMARTS) is 1. The van der Waals surface area contributed by atoms with E-state index in [2.05, 4.69) is 22.5 Å². The Kier molecular flexibility index (Phi) is 7.36. The van der Waals surface area contributed by atoms with Crippen molar-refractivity contribution >= 4 is 12.0 Å². The van der Waals surface area contributed by atoms with Gasteiger partial charge in [0.25, 0.3) is 0 Å². The third-order valence-electron chi connectivity index (χ3n) is 3.63. The van der Waals surface area contributed by atoms with Gasteiger partial charge in [-0.2, -0.15) is 0 Å². The Bertz CT molecular complexity index is 317. The Morgan fingerprint density at radius 3 is 2.50 bits per heavy atom. The smallest absolute Gasteiger partial charge is 0.315 e. The largest absolute Gasteiger partial charge is 0.481 e. The minimum Gasteiger partial charge on any atom is -0.481 e. The summed E-state index contributed by atoms with van der Waals surface area (Å²) in [6.07, 6.45) is 3.12. The van der Waals surface area contributed by atoms with Crippen LogP contribution in [0.5, 0.6) is 0 Å². The van der Waals surface area contributed by atoms with E-state index in [0.717, 1.165) is 19.6 Å². The lowest BCUT2D eigenvalue weighted by atomic mass is 10.1. The molecule has 0 bridgehead atoms. The molecule has 0 spiro atoms. The maximum Gasteiger partial charge on any atom is 0.315 e. The highest BCUT2D eigenvalue weighted by atomic mass is 16.4. The molecule has 6 nitrogen and oxygen atoms in total. The molecule has 2 unspecified atom stereocenters. The van der Waals surface area contributed by atoms with Crippen LogP contribution in [0.25, 0.3) is 0 Å². The molecule has 0 aromatic carbocycles. The first-order valence-corrected chi connectivity index (χ1v) is 7.49. The van der Waals surface area contributed by atoms with E-state index >= 15 is 0 Å². The third-order valence-corrected chi connectivity index (χ3v) is 3.63. The summed E-state index contributed by atoms with van der Waals surface area (Å²) in [7, 11) is 0. The van der Waals surface area contributed by atoms with Gasteiger partial charge in [0.1, 0.15) is 0 Å². The molecule has 1 rings (SSSR count). The van der Waals surface area contributed by atoms with Crippen molar-refractivity contribution in [2.75, 3.05) is 26.2 Å². The summed E-state index contributed by atoms with van der Waals surface area (Å²) in [6, 6.07) is -0.576. The number of likely N-dealkylation sites (tertiary alicyclic amines) is 1. The summed E-state index contributed by atoms with van der Waals surface area (Å²) in [5.41, 5.74) is 0. The first kappa shape index (κ1) is 16.8. The second-order valence-corrected chi connectivity index (χ2v) is 5.67.